The summed E-state index contributed by atoms with van der Waals surface area (Å²) >= 11 is 0. The number of fused-ring (bicyclic) bond motifs is 5. The van der Waals surface area contributed by atoms with Crippen LogP contribution in [0.2, 0.25) is 0 Å². The van der Waals surface area contributed by atoms with E-state index in [9.17, 15) is 20.1 Å². The van der Waals surface area contributed by atoms with Crippen molar-refractivity contribution in [2.45, 2.75) is 102 Å². The maximum Gasteiger partial charge on any atom is 0.159 e. The van der Waals surface area contributed by atoms with E-state index in [1.807, 2.05) is 0 Å². The summed E-state index contributed by atoms with van der Waals surface area (Å²) in [6, 6.07) is 1.11. The van der Waals surface area contributed by atoms with Crippen LogP contribution in [0.5, 0.6) is 0 Å². The predicted molar refractivity (Wildman–Crippen MR) is 115 cm³/mol. The van der Waals surface area contributed by atoms with Gasteiger partial charge in [-0.1, -0.05) is 13.8 Å². The van der Waals surface area contributed by atoms with E-state index < -0.39 is 17.8 Å². The van der Waals surface area contributed by atoms with Gasteiger partial charge in [0, 0.05) is 23.4 Å². The number of hydrogen-bond donors (Lipinski definition) is 3. The lowest BCUT2D eigenvalue weighted by Crippen LogP contribution is -2.61. The van der Waals surface area contributed by atoms with Crippen molar-refractivity contribution in [2.75, 3.05) is 7.05 Å². The molecule has 30 heavy (non-hydrogen) atoms. The molecule has 4 saturated carbocycles. The molecule has 0 heterocycles. The first-order chi connectivity index (χ1) is 14.0. The van der Waals surface area contributed by atoms with Crippen LogP contribution in [0.25, 0.3) is 0 Å². The Balaban J connectivity index is 1.51. The minimum absolute atomic E-state index is 0.0407. The molecule has 0 bridgehead atoms. The molecule has 0 radical (unpaired) electrons. The molecule has 5 rings (SSSR count). The fourth-order valence-corrected chi connectivity index (χ4v) is 8.28. The predicted octanol–water partition coefficient (Wildman–Crippen LogP) is 2.67. The maximum absolute atomic E-state index is 13.2. The van der Waals surface area contributed by atoms with E-state index in [-0.39, 0.29) is 28.4 Å². The van der Waals surface area contributed by atoms with Crippen molar-refractivity contribution in [3.8, 4) is 0 Å². The highest BCUT2D eigenvalue weighted by Crippen LogP contribution is 2.67. The van der Waals surface area contributed by atoms with Gasteiger partial charge in [-0.3, -0.25) is 4.79 Å². The van der Waals surface area contributed by atoms with Crippen molar-refractivity contribution >= 4 is 5.78 Å². The van der Waals surface area contributed by atoms with E-state index >= 15 is 0 Å². The molecular formula is C25H39NO4. The Morgan fingerprint density at radius 1 is 1.07 bits per heavy atom. The van der Waals surface area contributed by atoms with Crippen LogP contribution in [0, 0.1) is 28.6 Å². The SMILES string of the molecule is CC(C1CC[C@@]2(O)C3=CC(=O)[C@@H]4C[C@@H](O)[C@@H](O)C[C@]4(C)C3CC[C@]12C)N(C)C1CC1. The van der Waals surface area contributed by atoms with Crippen LogP contribution in [-0.4, -0.2) is 62.9 Å². The van der Waals surface area contributed by atoms with E-state index in [0.717, 1.165) is 31.3 Å². The van der Waals surface area contributed by atoms with E-state index in [4.69, 9.17) is 0 Å². The normalized spacial score (nSPS) is 51.8. The average Bonchev–Trinajstić information content (AvgIpc) is 3.48. The molecule has 0 saturated heterocycles. The topological polar surface area (TPSA) is 81.0 Å². The maximum atomic E-state index is 13.2. The summed E-state index contributed by atoms with van der Waals surface area (Å²) in [6.07, 6.45) is 7.09. The van der Waals surface area contributed by atoms with Gasteiger partial charge in [0.25, 0.3) is 0 Å². The second-order valence-corrected chi connectivity index (χ2v) is 11.8. The molecule has 3 N–H and O–H groups in total. The minimum Gasteiger partial charge on any atom is -0.390 e. The Morgan fingerprint density at radius 2 is 1.77 bits per heavy atom. The molecule has 4 fully saturated rings. The van der Waals surface area contributed by atoms with Crippen LogP contribution in [0.15, 0.2) is 11.6 Å². The first-order valence-electron chi connectivity index (χ1n) is 12.1. The zero-order valence-electron chi connectivity index (χ0n) is 19.0. The number of carbonyl (C=O) groups excluding carboxylic acids is 1. The van der Waals surface area contributed by atoms with Crippen molar-refractivity contribution in [3.63, 3.8) is 0 Å². The summed E-state index contributed by atoms with van der Waals surface area (Å²) in [5, 5.41) is 32.9. The third-order valence-electron chi connectivity index (χ3n) is 10.5. The highest BCUT2D eigenvalue weighted by Gasteiger charge is 2.67. The first-order valence-corrected chi connectivity index (χ1v) is 12.1. The average molecular weight is 418 g/mol. The van der Waals surface area contributed by atoms with Crippen molar-refractivity contribution < 1.29 is 20.1 Å². The fourth-order valence-electron chi connectivity index (χ4n) is 8.28. The lowest BCUT2D eigenvalue weighted by atomic mass is 9.46. The summed E-state index contributed by atoms with van der Waals surface area (Å²) in [4.78, 5) is 15.7. The zero-order chi connectivity index (χ0) is 21.6. The molecule has 0 aromatic rings. The van der Waals surface area contributed by atoms with Gasteiger partial charge in [0.1, 0.15) is 0 Å². The Morgan fingerprint density at radius 3 is 2.43 bits per heavy atom. The number of allylic oxidation sites excluding steroid dienone is 1. The fraction of sp³-hybridized carbons (Fsp3) is 0.880. The molecule has 9 atom stereocenters. The van der Waals surface area contributed by atoms with Gasteiger partial charge in [0.05, 0.1) is 17.8 Å². The third kappa shape index (κ3) is 2.65. The number of rotatable bonds is 3. The summed E-state index contributed by atoms with van der Waals surface area (Å²) in [6.45, 7) is 6.70. The van der Waals surface area contributed by atoms with Crippen molar-refractivity contribution in [1.29, 1.82) is 0 Å². The van der Waals surface area contributed by atoms with Gasteiger partial charge in [-0.2, -0.15) is 0 Å². The molecule has 168 valence electrons. The minimum atomic E-state index is -0.941. The smallest absolute Gasteiger partial charge is 0.159 e. The highest BCUT2D eigenvalue weighted by molar-refractivity contribution is 5.95. The first kappa shape index (κ1) is 21.1. The van der Waals surface area contributed by atoms with Gasteiger partial charge < -0.3 is 20.2 Å². The quantitative estimate of drug-likeness (QED) is 0.658. The van der Waals surface area contributed by atoms with Crippen LogP contribution in [0.4, 0.5) is 0 Å². The number of aliphatic hydroxyl groups is 3. The molecule has 5 nitrogen and oxygen atoms in total. The molecule has 0 spiro atoms. The molecule has 5 heteroatoms. The second kappa shape index (κ2) is 6.63. The Bertz CT molecular complexity index is 777. The zero-order valence-corrected chi connectivity index (χ0v) is 19.0. The molecule has 0 aliphatic heterocycles. The monoisotopic (exact) mass is 417 g/mol. The van der Waals surface area contributed by atoms with Gasteiger partial charge in [-0.25, -0.2) is 0 Å². The summed E-state index contributed by atoms with van der Waals surface area (Å²) < 4.78 is 0. The standard InChI is InChI=1S/C25H39NO4/c1-14(26(4)15-5-6-15)16-8-10-25(30)18-11-20(27)19-12-21(28)22(29)13-23(19,2)17(18)7-9-24(16,25)3/h11,14-17,19,21-22,28-30H,5-10,12-13H2,1-4H3/t14?,16?,17?,19-,21+,22-,23+,24+,25+/m0/s1. The number of aliphatic hydroxyl groups excluding tert-OH is 2. The Hall–Kier alpha value is -0.750. The molecule has 5 aliphatic rings. The lowest BCUT2D eigenvalue weighted by Gasteiger charge is -2.60. The van der Waals surface area contributed by atoms with Gasteiger partial charge in [0.15, 0.2) is 5.78 Å². The molecule has 3 unspecified atom stereocenters. The number of ketones is 1. The van der Waals surface area contributed by atoms with E-state index in [0.29, 0.717) is 30.8 Å². The molecule has 5 aliphatic carbocycles. The largest absolute Gasteiger partial charge is 0.390 e. The van der Waals surface area contributed by atoms with E-state index in [1.54, 1.807) is 6.08 Å². The number of nitrogens with zero attached hydrogens (tertiary/aromatic N) is 1. The summed E-state index contributed by atoms with van der Waals surface area (Å²) in [7, 11) is 2.23. The van der Waals surface area contributed by atoms with Gasteiger partial charge in [0.2, 0.25) is 0 Å². The molecule has 0 aromatic carbocycles. The Kier molecular flexibility index (Phi) is 4.67. The van der Waals surface area contributed by atoms with Gasteiger partial charge in [-0.15, -0.1) is 0 Å². The van der Waals surface area contributed by atoms with Gasteiger partial charge in [-0.05, 0) is 94.2 Å². The summed E-state index contributed by atoms with van der Waals surface area (Å²) in [5.74, 6) is 0.304. The van der Waals surface area contributed by atoms with E-state index in [1.165, 1.54) is 12.8 Å². The van der Waals surface area contributed by atoms with Crippen LogP contribution in [0.1, 0.15) is 72.1 Å². The van der Waals surface area contributed by atoms with Crippen molar-refractivity contribution in [2.24, 2.45) is 28.6 Å². The van der Waals surface area contributed by atoms with Gasteiger partial charge >= 0.3 is 0 Å². The van der Waals surface area contributed by atoms with Crippen LogP contribution < -0.4 is 0 Å². The second-order valence-electron chi connectivity index (χ2n) is 11.8. The molecule has 0 amide bonds. The number of carbonyl (C=O) groups is 1. The van der Waals surface area contributed by atoms with E-state index in [2.05, 4.69) is 32.7 Å². The number of hydrogen-bond acceptors (Lipinski definition) is 5. The highest BCUT2D eigenvalue weighted by atomic mass is 16.3. The lowest BCUT2D eigenvalue weighted by molar-refractivity contribution is -0.153. The van der Waals surface area contributed by atoms with Crippen LogP contribution in [-0.2, 0) is 4.79 Å². The molecular weight excluding hydrogens is 378 g/mol. The van der Waals surface area contributed by atoms with Crippen molar-refractivity contribution in [1.82, 2.24) is 4.90 Å². The van der Waals surface area contributed by atoms with Crippen molar-refractivity contribution in [3.05, 3.63) is 11.6 Å². The van der Waals surface area contributed by atoms with Crippen LogP contribution >= 0.6 is 0 Å². The molecule has 0 aromatic heterocycles. The summed E-state index contributed by atoms with van der Waals surface area (Å²) in [5.41, 5.74) is -0.615. The third-order valence-corrected chi connectivity index (χ3v) is 10.5. The Labute approximate surface area is 180 Å². The van der Waals surface area contributed by atoms with Crippen LogP contribution in [0.3, 0.4) is 0 Å².